The lowest BCUT2D eigenvalue weighted by molar-refractivity contribution is 0.255. The van der Waals surface area contributed by atoms with E-state index < -0.39 is 0 Å². The number of hydrogen-bond donors (Lipinski definition) is 2. The molecule has 0 unspecified atom stereocenters. The van der Waals surface area contributed by atoms with Crippen LogP contribution in [0.15, 0.2) is 0 Å². The second-order valence-corrected chi connectivity index (χ2v) is 3.90. The van der Waals surface area contributed by atoms with E-state index in [9.17, 15) is 0 Å². The molecule has 2 N–H and O–H groups in total. The number of hydrogen-bond acceptors (Lipinski definition) is 2. The summed E-state index contributed by atoms with van der Waals surface area (Å²) in [6.45, 7) is 3.62. The molecule has 0 bridgehead atoms. The fourth-order valence-electron chi connectivity index (χ4n) is 1.99. The molecule has 2 nitrogen and oxygen atoms in total. The van der Waals surface area contributed by atoms with Crippen LogP contribution in [0.3, 0.4) is 0 Å². The molecule has 1 rings (SSSR count). The van der Waals surface area contributed by atoms with E-state index in [0.717, 1.165) is 18.9 Å². The van der Waals surface area contributed by atoms with Crippen LogP contribution >= 0.6 is 0 Å². The van der Waals surface area contributed by atoms with E-state index in [1.807, 2.05) is 0 Å². The molecule has 0 aliphatic heterocycles. The number of nitrogens with one attached hydrogen (secondary N) is 1. The van der Waals surface area contributed by atoms with Gasteiger partial charge in [-0.2, -0.15) is 0 Å². The van der Waals surface area contributed by atoms with Gasteiger partial charge in [0.1, 0.15) is 0 Å². The maximum atomic E-state index is 8.62. The highest BCUT2D eigenvalue weighted by molar-refractivity contribution is 4.77. The van der Waals surface area contributed by atoms with Crippen molar-refractivity contribution in [1.82, 2.24) is 5.32 Å². The highest BCUT2D eigenvalue weighted by atomic mass is 16.3. The van der Waals surface area contributed by atoms with Crippen molar-refractivity contribution in [3.63, 3.8) is 0 Å². The standard InChI is InChI=1S/C10H21NO/c1-9-5-2-3-6-10(9)11-7-4-8-12/h9-12H,2-8H2,1H3/t9-,10+/m1/s1. The van der Waals surface area contributed by atoms with Gasteiger partial charge >= 0.3 is 0 Å². The molecule has 12 heavy (non-hydrogen) atoms. The van der Waals surface area contributed by atoms with Crippen LogP contribution in [0.1, 0.15) is 39.0 Å². The van der Waals surface area contributed by atoms with Gasteiger partial charge < -0.3 is 10.4 Å². The van der Waals surface area contributed by atoms with E-state index in [1.165, 1.54) is 25.7 Å². The Balaban J connectivity index is 2.11. The first-order valence-corrected chi connectivity index (χ1v) is 5.19. The van der Waals surface area contributed by atoms with E-state index in [1.54, 1.807) is 0 Å². The SMILES string of the molecule is C[C@@H]1CCCC[C@@H]1NCCCO. The van der Waals surface area contributed by atoms with Crippen LogP contribution in [0.25, 0.3) is 0 Å². The molecule has 1 aliphatic rings. The zero-order chi connectivity index (χ0) is 8.81. The lowest BCUT2D eigenvalue weighted by atomic mass is 9.86. The normalized spacial score (nSPS) is 30.5. The molecule has 2 heteroatoms. The van der Waals surface area contributed by atoms with Crippen molar-refractivity contribution in [2.75, 3.05) is 13.2 Å². The summed E-state index contributed by atoms with van der Waals surface area (Å²) in [7, 11) is 0. The van der Waals surface area contributed by atoms with Crippen LogP contribution in [0, 0.1) is 5.92 Å². The third-order valence-corrected chi connectivity index (χ3v) is 2.85. The highest BCUT2D eigenvalue weighted by Gasteiger charge is 2.19. The largest absolute Gasteiger partial charge is 0.396 e. The van der Waals surface area contributed by atoms with Crippen LogP contribution in [0.5, 0.6) is 0 Å². The van der Waals surface area contributed by atoms with E-state index in [2.05, 4.69) is 12.2 Å². The van der Waals surface area contributed by atoms with Crippen molar-refractivity contribution in [3.05, 3.63) is 0 Å². The molecule has 2 atom stereocenters. The maximum absolute atomic E-state index is 8.62. The molecule has 0 saturated heterocycles. The molecular weight excluding hydrogens is 150 g/mol. The summed E-state index contributed by atoms with van der Waals surface area (Å²) in [4.78, 5) is 0. The summed E-state index contributed by atoms with van der Waals surface area (Å²) >= 11 is 0. The van der Waals surface area contributed by atoms with Crippen LogP contribution in [-0.4, -0.2) is 24.3 Å². The molecule has 1 fully saturated rings. The third kappa shape index (κ3) is 3.11. The quantitative estimate of drug-likeness (QED) is 0.629. The van der Waals surface area contributed by atoms with Crippen molar-refractivity contribution >= 4 is 0 Å². The molecule has 0 aromatic carbocycles. The average molecular weight is 171 g/mol. The first-order chi connectivity index (χ1) is 5.84. The van der Waals surface area contributed by atoms with E-state index in [4.69, 9.17) is 5.11 Å². The van der Waals surface area contributed by atoms with E-state index >= 15 is 0 Å². The van der Waals surface area contributed by atoms with Gasteiger partial charge in [-0.3, -0.25) is 0 Å². The number of aliphatic hydroxyl groups is 1. The first-order valence-electron chi connectivity index (χ1n) is 5.19. The molecule has 0 aromatic rings. The van der Waals surface area contributed by atoms with E-state index in [-0.39, 0.29) is 0 Å². The van der Waals surface area contributed by atoms with Gasteiger partial charge in [-0.05, 0) is 31.7 Å². The van der Waals surface area contributed by atoms with Gasteiger partial charge in [0.25, 0.3) is 0 Å². The molecule has 0 radical (unpaired) electrons. The summed E-state index contributed by atoms with van der Waals surface area (Å²) in [6, 6.07) is 0.713. The Bertz CT molecular complexity index is 116. The Kier molecular flexibility index (Phi) is 4.62. The van der Waals surface area contributed by atoms with Crippen LogP contribution in [-0.2, 0) is 0 Å². The molecule has 1 saturated carbocycles. The Hall–Kier alpha value is -0.0800. The van der Waals surface area contributed by atoms with Gasteiger partial charge in [0, 0.05) is 12.6 Å². The third-order valence-electron chi connectivity index (χ3n) is 2.85. The fourth-order valence-corrected chi connectivity index (χ4v) is 1.99. The van der Waals surface area contributed by atoms with Crippen molar-refractivity contribution in [2.24, 2.45) is 5.92 Å². The van der Waals surface area contributed by atoms with Crippen molar-refractivity contribution in [2.45, 2.75) is 45.1 Å². The maximum Gasteiger partial charge on any atom is 0.0443 e. The fraction of sp³-hybridized carbons (Fsp3) is 1.00. The minimum Gasteiger partial charge on any atom is -0.396 e. The van der Waals surface area contributed by atoms with Crippen molar-refractivity contribution < 1.29 is 5.11 Å². The second-order valence-electron chi connectivity index (χ2n) is 3.90. The molecular formula is C10H21NO. The second kappa shape index (κ2) is 5.55. The smallest absolute Gasteiger partial charge is 0.0443 e. The highest BCUT2D eigenvalue weighted by Crippen LogP contribution is 2.23. The Morgan fingerprint density at radius 1 is 1.33 bits per heavy atom. The van der Waals surface area contributed by atoms with Crippen molar-refractivity contribution in [1.29, 1.82) is 0 Å². The molecule has 0 heterocycles. The summed E-state index contributed by atoms with van der Waals surface area (Å²) in [5, 5.41) is 12.1. The van der Waals surface area contributed by atoms with Gasteiger partial charge in [-0.25, -0.2) is 0 Å². The molecule has 0 spiro atoms. The summed E-state index contributed by atoms with van der Waals surface area (Å²) in [5.41, 5.74) is 0. The minimum absolute atomic E-state index is 0.314. The number of rotatable bonds is 4. The predicted molar refractivity (Wildman–Crippen MR) is 51.1 cm³/mol. The van der Waals surface area contributed by atoms with Gasteiger partial charge in [0.15, 0.2) is 0 Å². The molecule has 72 valence electrons. The Morgan fingerprint density at radius 3 is 2.75 bits per heavy atom. The van der Waals surface area contributed by atoms with Gasteiger partial charge in [-0.15, -0.1) is 0 Å². The molecule has 0 aromatic heterocycles. The summed E-state index contributed by atoms with van der Waals surface area (Å²) < 4.78 is 0. The van der Waals surface area contributed by atoms with Crippen LogP contribution < -0.4 is 5.32 Å². The number of aliphatic hydroxyl groups excluding tert-OH is 1. The molecule has 0 amide bonds. The summed E-state index contributed by atoms with van der Waals surface area (Å²) in [6.07, 6.45) is 6.37. The lowest BCUT2D eigenvalue weighted by Crippen LogP contribution is -2.37. The Labute approximate surface area is 75.4 Å². The van der Waals surface area contributed by atoms with E-state index in [0.29, 0.717) is 12.6 Å². The predicted octanol–water partition coefficient (Wildman–Crippen LogP) is 1.54. The minimum atomic E-state index is 0.314. The monoisotopic (exact) mass is 171 g/mol. The first kappa shape index (κ1) is 10.0. The zero-order valence-corrected chi connectivity index (χ0v) is 8.05. The van der Waals surface area contributed by atoms with Gasteiger partial charge in [0.2, 0.25) is 0 Å². The van der Waals surface area contributed by atoms with Gasteiger partial charge in [0.05, 0.1) is 0 Å². The van der Waals surface area contributed by atoms with Crippen LogP contribution in [0.4, 0.5) is 0 Å². The van der Waals surface area contributed by atoms with Crippen LogP contribution in [0.2, 0.25) is 0 Å². The topological polar surface area (TPSA) is 32.3 Å². The summed E-state index contributed by atoms with van der Waals surface area (Å²) in [5.74, 6) is 0.831. The zero-order valence-electron chi connectivity index (χ0n) is 8.05. The lowest BCUT2D eigenvalue weighted by Gasteiger charge is -2.29. The average Bonchev–Trinajstić information content (AvgIpc) is 2.09. The van der Waals surface area contributed by atoms with Gasteiger partial charge in [-0.1, -0.05) is 19.8 Å². The van der Waals surface area contributed by atoms with Crippen molar-refractivity contribution in [3.8, 4) is 0 Å². The Morgan fingerprint density at radius 2 is 2.08 bits per heavy atom. The molecule has 1 aliphatic carbocycles.